The number of ether oxygens (including phenoxy) is 3. The zero-order chi connectivity index (χ0) is 20.8. The molecule has 0 radical (unpaired) electrons. The SMILES string of the molecule is CCOC(=O)c1cnc(SCc2c(C(=O)OC)sc(N)c2C(=O)OC)nc1N. The Morgan fingerprint density at radius 1 is 1.14 bits per heavy atom. The van der Waals surface area contributed by atoms with Gasteiger partial charge in [-0.05, 0) is 6.92 Å². The third-order valence-corrected chi connectivity index (χ3v) is 5.36. The summed E-state index contributed by atoms with van der Waals surface area (Å²) in [5.41, 5.74) is 12.2. The molecule has 0 aliphatic carbocycles. The molecule has 0 fully saturated rings. The van der Waals surface area contributed by atoms with Crippen LogP contribution in [0.15, 0.2) is 11.4 Å². The Kier molecular flexibility index (Phi) is 7.18. The van der Waals surface area contributed by atoms with Crippen LogP contribution in [0.4, 0.5) is 10.8 Å². The van der Waals surface area contributed by atoms with Crippen LogP contribution in [0.3, 0.4) is 0 Å². The average molecular weight is 426 g/mol. The summed E-state index contributed by atoms with van der Waals surface area (Å²) in [6, 6.07) is 0. The summed E-state index contributed by atoms with van der Waals surface area (Å²) >= 11 is 2.03. The Balaban J connectivity index is 2.31. The number of carbonyl (C=O) groups is 3. The number of hydrogen-bond acceptors (Lipinski definition) is 12. The summed E-state index contributed by atoms with van der Waals surface area (Å²) in [6.07, 6.45) is 1.26. The van der Waals surface area contributed by atoms with Gasteiger partial charge in [-0.15, -0.1) is 11.3 Å². The third-order valence-electron chi connectivity index (χ3n) is 3.43. The molecule has 2 aromatic rings. The second-order valence-electron chi connectivity index (χ2n) is 5.09. The quantitative estimate of drug-likeness (QED) is 0.287. The second-order valence-corrected chi connectivity index (χ2v) is 7.09. The van der Waals surface area contributed by atoms with Gasteiger partial charge in [-0.3, -0.25) is 0 Å². The lowest BCUT2D eigenvalue weighted by Crippen LogP contribution is -2.11. The first-order valence-corrected chi connectivity index (χ1v) is 9.64. The first kappa shape index (κ1) is 21.4. The van der Waals surface area contributed by atoms with Crippen LogP contribution in [-0.2, 0) is 20.0 Å². The molecule has 0 spiro atoms. The van der Waals surface area contributed by atoms with E-state index in [9.17, 15) is 14.4 Å². The lowest BCUT2D eigenvalue weighted by atomic mass is 10.1. The zero-order valence-electron chi connectivity index (χ0n) is 15.3. The van der Waals surface area contributed by atoms with Crippen LogP contribution in [0.2, 0.25) is 0 Å². The Morgan fingerprint density at radius 3 is 2.39 bits per heavy atom. The molecule has 0 amide bonds. The fourth-order valence-electron chi connectivity index (χ4n) is 2.16. The molecule has 0 unspecified atom stereocenters. The van der Waals surface area contributed by atoms with Crippen LogP contribution in [0.5, 0.6) is 0 Å². The zero-order valence-corrected chi connectivity index (χ0v) is 16.9. The molecule has 2 aromatic heterocycles. The topological polar surface area (TPSA) is 157 Å². The summed E-state index contributed by atoms with van der Waals surface area (Å²) in [5.74, 6) is -1.83. The van der Waals surface area contributed by atoms with Crippen molar-refractivity contribution in [1.29, 1.82) is 0 Å². The number of nitrogens with two attached hydrogens (primary N) is 2. The fraction of sp³-hybridized carbons (Fsp3) is 0.312. The Morgan fingerprint density at radius 2 is 1.82 bits per heavy atom. The molecule has 0 atom stereocenters. The highest BCUT2D eigenvalue weighted by Gasteiger charge is 2.27. The number of methoxy groups -OCH3 is 2. The predicted octanol–water partition coefficient (Wildman–Crippen LogP) is 1.74. The lowest BCUT2D eigenvalue weighted by Gasteiger charge is -2.07. The van der Waals surface area contributed by atoms with Crippen LogP contribution in [0, 0.1) is 0 Å². The number of carbonyl (C=O) groups excluding carboxylic acids is 3. The van der Waals surface area contributed by atoms with Gasteiger partial charge in [-0.2, -0.15) is 0 Å². The largest absolute Gasteiger partial charge is 0.465 e. The highest BCUT2D eigenvalue weighted by molar-refractivity contribution is 7.98. The van der Waals surface area contributed by atoms with E-state index in [1.807, 2.05) is 0 Å². The van der Waals surface area contributed by atoms with E-state index < -0.39 is 17.9 Å². The lowest BCUT2D eigenvalue weighted by molar-refractivity contribution is 0.0524. The summed E-state index contributed by atoms with van der Waals surface area (Å²) in [7, 11) is 2.44. The van der Waals surface area contributed by atoms with Crippen LogP contribution in [0.1, 0.15) is 42.9 Å². The molecule has 0 saturated heterocycles. The van der Waals surface area contributed by atoms with Gasteiger partial charge in [0.15, 0.2) is 5.16 Å². The molecule has 0 aliphatic heterocycles. The van der Waals surface area contributed by atoms with E-state index in [-0.39, 0.29) is 44.3 Å². The average Bonchev–Trinajstić information content (AvgIpc) is 3.01. The number of thiophene rings is 1. The molecule has 4 N–H and O–H groups in total. The van der Waals surface area contributed by atoms with E-state index in [1.54, 1.807) is 6.92 Å². The molecular formula is C16H18N4O6S2. The Labute approximate surface area is 168 Å². The molecule has 12 heteroatoms. The monoisotopic (exact) mass is 426 g/mol. The number of anilines is 2. The number of hydrogen-bond donors (Lipinski definition) is 2. The van der Waals surface area contributed by atoms with Crippen LogP contribution in [0.25, 0.3) is 0 Å². The fourth-order valence-corrected chi connectivity index (χ4v) is 4.09. The molecule has 0 aliphatic rings. The van der Waals surface area contributed by atoms with E-state index in [0.29, 0.717) is 5.56 Å². The van der Waals surface area contributed by atoms with Crippen LogP contribution < -0.4 is 11.5 Å². The van der Waals surface area contributed by atoms with Gasteiger partial charge in [0.2, 0.25) is 0 Å². The standard InChI is InChI=1S/C16H18N4O6S2/c1-4-26-13(21)7-5-19-16(20-11(7)17)27-6-8-9(14(22)24-2)12(18)28-10(8)15(23)25-3/h5H,4,6,18H2,1-3H3,(H2,17,19,20). The van der Waals surface area contributed by atoms with Crippen molar-refractivity contribution in [3.05, 3.63) is 27.8 Å². The van der Waals surface area contributed by atoms with Crippen molar-refractivity contribution in [2.45, 2.75) is 17.8 Å². The van der Waals surface area contributed by atoms with Gasteiger partial charge in [-0.1, -0.05) is 11.8 Å². The second kappa shape index (κ2) is 9.37. The maximum absolute atomic E-state index is 12.1. The number of thioether (sulfide) groups is 1. The van der Waals surface area contributed by atoms with Gasteiger partial charge in [0.1, 0.15) is 21.3 Å². The van der Waals surface area contributed by atoms with Crippen molar-refractivity contribution in [2.24, 2.45) is 0 Å². The van der Waals surface area contributed by atoms with Gasteiger partial charge >= 0.3 is 17.9 Å². The smallest absolute Gasteiger partial charge is 0.348 e. The minimum atomic E-state index is -0.669. The van der Waals surface area contributed by atoms with E-state index in [0.717, 1.165) is 23.1 Å². The highest BCUT2D eigenvalue weighted by atomic mass is 32.2. The van der Waals surface area contributed by atoms with Gasteiger partial charge in [0.05, 0.1) is 26.4 Å². The number of esters is 3. The summed E-state index contributed by atoms with van der Waals surface area (Å²) in [5, 5.41) is 0.378. The summed E-state index contributed by atoms with van der Waals surface area (Å²) < 4.78 is 14.4. The molecule has 0 aromatic carbocycles. The highest BCUT2D eigenvalue weighted by Crippen LogP contribution is 2.36. The van der Waals surface area contributed by atoms with Crippen molar-refractivity contribution in [3.63, 3.8) is 0 Å². The van der Waals surface area contributed by atoms with E-state index in [4.69, 9.17) is 25.7 Å². The minimum Gasteiger partial charge on any atom is -0.465 e. The maximum Gasteiger partial charge on any atom is 0.348 e. The van der Waals surface area contributed by atoms with E-state index >= 15 is 0 Å². The molecule has 150 valence electrons. The van der Waals surface area contributed by atoms with Gasteiger partial charge in [0.25, 0.3) is 0 Å². The molecule has 0 bridgehead atoms. The molecule has 10 nitrogen and oxygen atoms in total. The van der Waals surface area contributed by atoms with E-state index in [1.165, 1.54) is 20.4 Å². The number of nitrogen functional groups attached to an aromatic ring is 2. The summed E-state index contributed by atoms with van der Waals surface area (Å²) in [4.78, 5) is 44.2. The normalized spacial score (nSPS) is 10.4. The summed E-state index contributed by atoms with van der Waals surface area (Å²) in [6.45, 7) is 1.87. The van der Waals surface area contributed by atoms with Crippen LogP contribution >= 0.6 is 23.1 Å². The number of aromatic nitrogens is 2. The molecule has 28 heavy (non-hydrogen) atoms. The minimum absolute atomic E-state index is 0.0397. The van der Waals surface area contributed by atoms with Gasteiger partial charge in [-0.25, -0.2) is 24.4 Å². The van der Waals surface area contributed by atoms with Gasteiger partial charge < -0.3 is 25.7 Å². The number of nitrogens with zero attached hydrogens (tertiary/aromatic N) is 2. The van der Waals surface area contributed by atoms with Crippen LogP contribution in [-0.4, -0.2) is 48.7 Å². The first-order valence-electron chi connectivity index (χ1n) is 7.84. The third kappa shape index (κ3) is 4.51. The Bertz CT molecular complexity index is 915. The maximum atomic E-state index is 12.1. The van der Waals surface area contributed by atoms with E-state index in [2.05, 4.69) is 9.97 Å². The predicted molar refractivity (Wildman–Crippen MR) is 103 cm³/mol. The van der Waals surface area contributed by atoms with Crippen molar-refractivity contribution in [3.8, 4) is 0 Å². The molecule has 2 heterocycles. The van der Waals surface area contributed by atoms with Crippen molar-refractivity contribution in [1.82, 2.24) is 9.97 Å². The van der Waals surface area contributed by atoms with Gasteiger partial charge in [0, 0.05) is 17.5 Å². The van der Waals surface area contributed by atoms with Crippen molar-refractivity contribution < 1.29 is 28.6 Å². The molecular weight excluding hydrogens is 408 g/mol. The number of rotatable bonds is 7. The molecule has 2 rings (SSSR count). The first-order chi connectivity index (χ1) is 13.3. The molecule has 0 saturated carbocycles. The van der Waals surface area contributed by atoms with Crippen molar-refractivity contribution >= 4 is 51.8 Å². The van der Waals surface area contributed by atoms with Crippen molar-refractivity contribution in [2.75, 3.05) is 32.3 Å². The Hall–Kier alpha value is -2.86.